The van der Waals surface area contributed by atoms with Gasteiger partial charge in [0.1, 0.15) is 6.61 Å². The highest BCUT2D eigenvalue weighted by atomic mass is 19.4. The van der Waals surface area contributed by atoms with Crippen LogP contribution in [-0.4, -0.2) is 78.1 Å². The average Bonchev–Trinajstić information content (AvgIpc) is 2.88. The molecule has 0 aromatic heterocycles. The van der Waals surface area contributed by atoms with E-state index >= 15 is 0 Å². The normalized spacial score (nSPS) is 11.6. The number of para-hydroxylation sites is 1. The lowest BCUT2D eigenvalue weighted by Crippen LogP contribution is -2.15. The van der Waals surface area contributed by atoms with Crippen molar-refractivity contribution in [3.05, 3.63) is 59.7 Å². The molecule has 0 saturated heterocycles. The van der Waals surface area contributed by atoms with Crippen molar-refractivity contribution in [1.82, 2.24) is 0 Å². The Morgan fingerprint density at radius 2 is 1.32 bits per heavy atom. The molecule has 0 aliphatic heterocycles. The van der Waals surface area contributed by atoms with E-state index in [2.05, 4.69) is 5.32 Å². The lowest BCUT2D eigenvalue weighted by molar-refractivity contribution is -0.137. The van der Waals surface area contributed by atoms with Gasteiger partial charge in [-0.3, -0.25) is 0 Å². The Kier molecular flexibility index (Phi) is 14.7. The summed E-state index contributed by atoms with van der Waals surface area (Å²) in [5, 5.41) is 2.85. The molecular weight excluding hydrogens is 507 g/mol. The Balaban J connectivity index is 1.55. The molecule has 1 N–H and O–H groups in total. The number of ether oxygens (including phenoxy) is 6. The minimum atomic E-state index is -4.47. The number of rotatable bonds is 19. The molecule has 0 fully saturated rings. The quantitative estimate of drug-likeness (QED) is 0.194. The summed E-state index contributed by atoms with van der Waals surface area (Å²) in [6.07, 6.45) is -4.27. The smallest absolute Gasteiger partial charge is 0.416 e. The topological polar surface area (TPSA) is 84.5 Å². The average molecular weight is 544 g/mol. The Hall–Kier alpha value is -2.70. The molecule has 212 valence electrons. The number of hydrogen-bond donors (Lipinski definition) is 1. The first-order chi connectivity index (χ1) is 18.3. The van der Waals surface area contributed by atoms with Crippen LogP contribution in [0.1, 0.15) is 29.8 Å². The summed E-state index contributed by atoms with van der Waals surface area (Å²) in [7, 11) is 0. The van der Waals surface area contributed by atoms with Gasteiger partial charge in [-0.2, -0.15) is 13.2 Å². The molecule has 0 aliphatic carbocycles. The molecule has 0 atom stereocenters. The number of hydrogen-bond acceptors (Lipinski definition) is 8. The third kappa shape index (κ3) is 13.2. The molecule has 0 radical (unpaired) electrons. The van der Waals surface area contributed by atoms with Crippen LogP contribution >= 0.6 is 0 Å². The molecule has 2 aromatic rings. The maximum atomic E-state index is 13.0. The van der Waals surface area contributed by atoms with Crippen molar-refractivity contribution in [3.63, 3.8) is 0 Å². The summed E-state index contributed by atoms with van der Waals surface area (Å²) in [5.74, 6) is -0.617. The molecule has 0 amide bonds. The summed E-state index contributed by atoms with van der Waals surface area (Å²) in [6.45, 7) is 7.76. The molecule has 38 heavy (non-hydrogen) atoms. The Morgan fingerprint density at radius 3 is 1.89 bits per heavy atom. The molecule has 8 nitrogen and oxygen atoms in total. The third-order valence-corrected chi connectivity index (χ3v) is 4.87. The van der Waals surface area contributed by atoms with Crippen molar-refractivity contribution in [1.29, 1.82) is 0 Å². The van der Waals surface area contributed by atoms with E-state index in [0.717, 1.165) is 12.1 Å². The molecule has 0 unspecified atom stereocenters. The van der Waals surface area contributed by atoms with E-state index in [9.17, 15) is 18.0 Å². The van der Waals surface area contributed by atoms with Crippen molar-refractivity contribution in [2.45, 2.75) is 26.1 Å². The van der Waals surface area contributed by atoms with E-state index in [1.54, 1.807) is 18.2 Å². The molecule has 11 heteroatoms. The number of carbonyl (C=O) groups is 1. The number of esters is 1. The first-order valence-electron chi connectivity index (χ1n) is 12.4. The van der Waals surface area contributed by atoms with E-state index in [1.807, 2.05) is 13.8 Å². The van der Waals surface area contributed by atoms with Crippen molar-refractivity contribution in [2.24, 2.45) is 0 Å². The van der Waals surface area contributed by atoms with Crippen LogP contribution in [0.5, 0.6) is 0 Å². The minimum absolute atomic E-state index is 0.0159. The fourth-order valence-corrected chi connectivity index (χ4v) is 3.07. The lowest BCUT2D eigenvalue weighted by Gasteiger charge is -2.13. The van der Waals surface area contributed by atoms with Gasteiger partial charge in [-0.1, -0.05) is 18.2 Å². The Bertz CT molecular complexity index is 941. The summed E-state index contributed by atoms with van der Waals surface area (Å²) < 4.78 is 71.1. The van der Waals surface area contributed by atoms with Gasteiger partial charge in [-0.25, -0.2) is 4.79 Å². The number of alkyl halides is 3. The van der Waals surface area contributed by atoms with Gasteiger partial charge in [0, 0.05) is 5.69 Å². The third-order valence-electron chi connectivity index (χ3n) is 4.87. The molecule has 0 aliphatic rings. The summed E-state index contributed by atoms with van der Waals surface area (Å²) in [4.78, 5) is 12.5. The zero-order valence-corrected chi connectivity index (χ0v) is 21.8. The van der Waals surface area contributed by atoms with Gasteiger partial charge in [0.2, 0.25) is 0 Å². The number of anilines is 2. The predicted octanol–water partition coefficient (Wildman–Crippen LogP) is 5.10. The predicted molar refractivity (Wildman–Crippen MR) is 136 cm³/mol. The highest BCUT2D eigenvalue weighted by Gasteiger charge is 2.30. The van der Waals surface area contributed by atoms with E-state index in [-0.39, 0.29) is 30.6 Å². The highest BCUT2D eigenvalue weighted by Crippen LogP contribution is 2.32. The largest absolute Gasteiger partial charge is 0.460 e. The second kappa shape index (κ2) is 17.7. The van der Waals surface area contributed by atoms with Gasteiger partial charge in [-0.15, -0.1) is 0 Å². The van der Waals surface area contributed by atoms with Gasteiger partial charge in [0.15, 0.2) is 0 Å². The number of carbonyl (C=O) groups excluding carboxylic acids is 1. The summed E-state index contributed by atoms with van der Waals surface area (Å²) >= 11 is 0. The molecule has 0 heterocycles. The molecule has 2 rings (SSSR count). The fraction of sp³-hybridized carbons (Fsp3) is 0.519. The maximum absolute atomic E-state index is 13.0. The summed E-state index contributed by atoms with van der Waals surface area (Å²) in [6, 6.07) is 11.2. The summed E-state index contributed by atoms with van der Waals surface area (Å²) in [5.41, 5.74) is -0.0541. The molecule has 2 aromatic carbocycles. The Morgan fingerprint density at radius 1 is 0.763 bits per heavy atom. The first-order valence-corrected chi connectivity index (χ1v) is 12.4. The van der Waals surface area contributed by atoms with Crippen molar-refractivity contribution in [3.8, 4) is 0 Å². The number of halogens is 3. The highest BCUT2D eigenvalue weighted by molar-refractivity contribution is 5.96. The zero-order chi connectivity index (χ0) is 27.6. The van der Waals surface area contributed by atoms with Gasteiger partial charge in [0.25, 0.3) is 0 Å². The first kappa shape index (κ1) is 31.5. The minimum Gasteiger partial charge on any atom is -0.460 e. The van der Waals surface area contributed by atoms with Crippen molar-refractivity contribution >= 4 is 17.3 Å². The van der Waals surface area contributed by atoms with Crippen LogP contribution in [0.2, 0.25) is 0 Å². The van der Waals surface area contributed by atoms with Crippen LogP contribution in [0, 0.1) is 0 Å². The molecule has 0 spiro atoms. The van der Waals surface area contributed by atoms with Crippen molar-refractivity contribution < 1.29 is 46.4 Å². The standard InChI is InChI=1S/C27H36F3NO7/c1-21(2)37-18-16-35-14-12-33-10-11-34-13-15-36-17-19-38-26(32)24-8-3-4-9-25(24)31-23-7-5-6-22(20-23)27(28,29)30/h3-9,20-21,31H,10-19H2,1-2H3. The van der Waals surface area contributed by atoms with Crippen LogP contribution < -0.4 is 5.32 Å². The van der Waals surface area contributed by atoms with Crippen LogP contribution in [0.25, 0.3) is 0 Å². The molecule has 0 bridgehead atoms. The van der Waals surface area contributed by atoms with Gasteiger partial charge in [-0.05, 0) is 44.2 Å². The number of nitrogens with one attached hydrogen (secondary N) is 1. The lowest BCUT2D eigenvalue weighted by atomic mass is 10.1. The fourth-order valence-electron chi connectivity index (χ4n) is 3.07. The van der Waals surface area contributed by atoms with Crippen molar-refractivity contribution in [2.75, 3.05) is 71.4 Å². The van der Waals surface area contributed by atoms with Gasteiger partial charge in [0.05, 0.1) is 82.4 Å². The Labute approximate surface area is 221 Å². The van der Waals surface area contributed by atoms with Gasteiger partial charge < -0.3 is 33.7 Å². The van der Waals surface area contributed by atoms with E-state index in [0.29, 0.717) is 58.5 Å². The second-order valence-electron chi connectivity index (χ2n) is 8.25. The van der Waals surface area contributed by atoms with E-state index < -0.39 is 17.7 Å². The van der Waals surface area contributed by atoms with Gasteiger partial charge >= 0.3 is 12.1 Å². The molecular formula is C27H36F3NO7. The zero-order valence-electron chi connectivity index (χ0n) is 21.8. The van der Waals surface area contributed by atoms with E-state index in [4.69, 9.17) is 28.4 Å². The van der Waals surface area contributed by atoms with Crippen LogP contribution in [0.3, 0.4) is 0 Å². The van der Waals surface area contributed by atoms with Crippen LogP contribution in [-0.2, 0) is 34.6 Å². The monoisotopic (exact) mass is 543 g/mol. The SMILES string of the molecule is CC(C)OCCOCCOCCOCCOCCOC(=O)c1ccccc1Nc1cccc(C(F)(F)F)c1. The van der Waals surface area contributed by atoms with E-state index in [1.165, 1.54) is 18.2 Å². The number of benzene rings is 2. The van der Waals surface area contributed by atoms with Crippen LogP contribution in [0.15, 0.2) is 48.5 Å². The molecule has 0 saturated carbocycles. The maximum Gasteiger partial charge on any atom is 0.416 e. The van der Waals surface area contributed by atoms with Crippen LogP contribution in [0.4, 0.5) is 24.5 Å². The second-order valence-corrected chi connectivity index (χ2v) is 8.25.